The second kappa shape index (κ2) is 7.33. The molecule has 0 aliphatic carbocycles. The van der Waals surface area contributed by atoms with E-state index in [0.717, 1.165) is 31.3 Å². The molecule has 0 aromatic carbocycles. The number of aliphatic hydroxyl groups excluding tert-OH is 1. The number of hydrogen-bond donors (Lipinski definition) is 1. The lowest BCUT2D eigenvalue weighted by atomic mass is 9.98. The molecule has 138 valence electrons. The third-order valence-electron chi connectivity index (χ3n) is 4.48. The molecule has 0 unspecified atom stereocenters. The number of piperazine rings is 1. The summed E-state index contributed by atoms with van der Waals surface area (Å²) >= 11 is 0. The Balaban J connectivity index is 1.80. The van der Waals surface area contributed by atoms with Gasteiger partial charge in [0.05, 0.1) is 12.1 Å². The first kappa shape index (κ1) is 18.2. The third-order valence-corrected chi connectivity index (χ3v) is 4.48. The molecule has 3 rings (SSSR count). The Bertz CT molecular complexity index is 795. The lowest BCUT2D eigenvalue weighted by Gasteiger charge is -2.48. The van der Waals surface area contributed by atoms with E-state index in [2.05, 4.69) is 43.6 Å². The quantitative estimate of drug-likeness (QED) is 0.796. The van der Waals surface area contributed by atoms with Gasteiger partial charge in [-0.05, 0) is 26.0 Å². The molecule has 2 aromatic rings. The summed E-state index contributed by atoms with van der Waals surface area (Å²) in [4.78, 5) is 33.2. The smallest absolute Gasteiger partial charge is 0.197 e. The second-order valence-electron chi connectivity index (χ2n) is 6.98. The van der Waals surface area contributed by atoms with Gasteiger partial charge in [-0.25, -0.2) is 19.9 Å². The molecule has 26 heavy (non-hydrogen) atoms. The Hall–Kier alpha value is -2.61. The molecule has 1 aliphatic heterocycles. The molecule has 0 radical (unpaired) electrons. The number of anilines is 2. The summed E-state index contributed by atoms with van der Waals surface area (Å²) in [7, 11) is 0. The molecular weight excluding hydrogens is 332 g/mol. The maximum atomic E-state index is 11.6. The van der Waals surface area contributed by atoms with E-state index in [1.807, 2.05) is 12.1 Å². The summed E-state index contributed by atoms with van der Waals surface area (Å²) in [5, 5.41) is 9.09. The fourth-order valence-electron chi connectivity index (χ4n) is 3.23. The zero-order chi connectivity index (χ0) is 18.7. The van der Waals surface area contributed by atoms with Crippen molar-refractivity contribution >= 4 is 17.4 Å². The Morgan fingerprint density at radius 1 is 1.15 bits per heavy atom. The van der Waals surface area contributed by atoms with Gasteiger partial charge in [-0.3, -0.25) is 4.79 Å². The fraction of sp³-hybridized carbons (Fsp3) is 0.500. The van der Waals surface area contributed by atoms with Crippen molar-refractivity contribution in [1.82, 2.24) is 19.9 Å². The van der Waals surface area contributed by atoms with Gasteiger partial charge in [0.1, 0.15) is 17.5 Å². The molecule has 1 aliphatic rings. The van der Waals surface area contributed by atoms with E-state index in [4.69, 9.17) is 5.11 Å². The van der Waals surface area contributed by atoms with Crippen LogP contribution in [0.3, 0.4) is 0 Å². The first-order valence-corrected chi connectivity index (χ1v) is 8.70. The molecule has 0 saturated carbocycles. The Morgan fingerprint density at radius 3 is 2.58 bits per heavy atom. The highest BCUT2D eigenvalue weighted by Gasteiger charge is 2.35. The van der Waals surface area contributed by atoms with E-state index in [-0.39, 0.29) is 23.8 Å². The van der Waals surface area contributed by atoms with Crippen molar-refractivity contribution < 1.29 is 9.90 Å². The number of carbonyl (C=O) groups excluding carboxylic acids is 1. The molecule has 2 aromatic heterocycles. The molecule has 1 fully saturated rings. The molecule has 0 spiro atoms. The van der Waals surface area contributed by atoms with E-state index < -0.39 is 0 Å². The van der Waals surface area contributed by atoms with Crippen molar-refractivity contribution in [3.63, 3.8) is 0 Å². The van der Waals surface area contributed by atoms with E-state index >= 15 is 0 Å². The third kappa shape index (κ3) is 3.80. The van der Waals surface area contributed by atoms with E-state index in [0.29, 0.717) is 12.2 Å². The number of ketones is 1. The van der Waals surface area contributed by atoms with Gasteiger partial charge < -0.3 is 14.9 Å². The van der Waals surface area contributed by atoms with Crippen LogP contribution < -0.4 is 9.80 Å². The summed E-state index contributed by atoms with van der Waals surface area (Å²) in [6.07, 6.45) is 3.81. The summed E-state index contributed by atoms with van der Waals surface area (Å²) in [6.45, 7) is 8.08. The highest BCUT2D eigenvalue weighted by molar-refractivity contribution is 5.90. The average Bonchev–Trinajstić information content (AvgIpc) is 2.61. The molecule has 3 heterocycles. The van der Waals surface area contributed by atoms with Crippen molar-refractivity contribution in [3.05, 3.63) is 36.2 Å². The zero-order valence-corrected chi connectivity index (χ0v) is 15.4. The SMILES string of the molecule is CC(=O)c1nccc(N2CCN(c3ccnc(CCO)n3)CC2(C)C)n1. The molecule has 0 bridgehead atoms. The number of rotatable bonds is 5. The van der Waals surface area contributed by atoms with E-state index in [1.54, 1.807) is 12.4 Å². The summed E-state index contributed by atoms with van der Waals surface area (Å²) in [5.74, 6) is 2.37. The molecule has 8 nitrogen and oxygen atoms in total. The van der Waals surface area contributed by atoms with Crippen LogP contribution in [0, 0.1) is 0 Å². The fourth-order valence-corrected chi connectivity index (χ4v) is 3.23. The molecule has 0 atom stereocenters. The maximum Gasteiger partial charge on any atom is 0.197 e. The van der Waals surface area contributed by atoms with Crippen LogP contribution in [-0.4, -0.2) is 62.6 Å². The predicted octanol–water partition coefficient (Wildman–Crippen LogP) is 1.11. The van der Waals surface area contributed by atoms with Gasteiger partial charge in [-0.15, -0.1) is 0 Å². The van der Waals surface area contributed by atoms with E-state index in [9.17, 15) is 4.79 Å². The monoisotopic (exact) mass is 356 g/mol. The van der Waals surface area contributed by atoms with Gasteiger partial charge in [0.2, 0.25) is 0 Å². The van der Waals surface area contributed by atoms with Crippen molar-refractivity contribution in [2.24, 2.45) is 0 Å². The highest BCUT2D eigenvalue weighted by Crippen LogP contribution is 2.28. The van der Waals surface area contributed by atoms with Gasteiger partial charge in [-0.2, -0.15) is 0 Å². The van der Waals surface area contributed by atoms with Crippen LogP contribution in [0.15, 0.2) is 24.5 Å². The number of carbonyl (C=O) groups is 1. The maximum absolute atomic E-state index is 11.6. The lowest BCUT2D eigenvalue weighted by molar-refractivity contribution is 0.100. The van der Waals surface area contributed by atoms with E-state index in [1.165, 1.54) is 6.92 Å². The second-order valence-corrected chi connectivity index (χ2v) is 6.98. The van der Waals surface area contributed by atoms with Crippen molar-refractivity contribution in [2.75, 3.05) is 36.0 Å². The van der Waals surface area contributed by atoms with Crippen LogP contribution in [0.1, 0.15) is 37.2 Å². The highest BCUT2D eigenvalue weighted by atomic mass is 16.3. The minimum absolute atomic E-state index is 0.0366. The first-order chi connectivity index (χ1) is 12.4. The zero-order valence-electron chi connectivity index (χ0n) is 15.4. The van der Waals surface area contributed by atoms with Crippen LogP contribution in [0.4, 0.5) is 11.6 Å². The van der Waals surface area contributed by atoms with Crippen LogP contribution >= 0.6 is 0 Å². The molecule has 1 saturated heterocycles. The largest absolute Gasteiger partial charge is 0.396 e. The van der Waals surface area contributed by atoms with Gasteiger partial charge in [0.15, 0.2) is 11.6 Å². The summed E-state index contributed by atoms with van der Waals surface area (Å²) in [5.41, 5.74) is -0.206. The van der Waals surface area contributed by atoms with Crippen LogP contribution in [-0.2, 0) is 6.42 Å². The van der Waals surface area contributed by atoms with Gasteiger partial charge in [0.25, 0.3) is 0 Å². The minimum Gasteiger partial charge on any atom is -0.396 e. The Labute approximate surface area is 152 Å². The number of aliphatic hydroxyl groups is 1. The number of hydrogen-bond acceptors (Lipinski definition) is 8. The Morgan fingerprint density at radius 2 is 1.88 bits per heavy atom. The molecule has 1 N–H and O–H groups in total. The van der Waals surface area contributed by atoms with Crippen LogP contribution in [0.2, 0.25) is 0 Å². The van der Waals surface area contributed by atoms with Gasteiger partial charge in [-0.1, -0.05) is 0 Å². The van der Waals surface area contributed by atoms with Crippen LogP contribution in [0.5, 0.6) is 0 Å². The number of aromatic nitrogens is 4. The normalized spacial score (nSPS) is 16.6. The topological polar surface area (TPSA) is 95.3 Å². The first-order valence-electron chi connectivity index (χ1n) is 8.70. The lowest BCUT2D eigenvalue weighted by Crippen LogP contribution is -2.60. The Kier molecular flexibility index (Phi) is 5.13. The van der Waals surface area contributed by atoms with Crippen molar-refractivity contribution in [2.45, 2.75) is 32.7 Å². The number of Topliss-reactive ketones (excluding diaryl/α,β-unsaturated/α-hetero) is 1. The molecular formula is C18H24N6O2. The van der Waals surface area contributed by atoms with Gasteiger partial charge in [0, 0.05) is 45.4 Å². The minimum atomic E-state index is -0.206. The summed E-state index contributed by atoms with van der Waals surface area (Å²) < 4.78 is 0. The van der Waals surface area contributed by atoms with Gasteiger partial charge >= 0.3 is 0 Å². The standard InChI is InChI=1S/C18H24N6O2/c1-13(26)17-20-8-5-16(22-17)24-10-9-23(12-18(24,2)3)15-4-7-19-14(21-15)6-11-25/h4-5,7-8,25H,6,9-12H2,1-3H3. The van der Waals surface area contributed by atoms with Crippen molar-refractivity contribution in [3.8, 4) is 0 Å². The molecule has 8 heteroatoms. The van der Waals surface area contributed by atoms with Crippen molar-refractivity contribution in [1.29, 1.82) is 0 Å². The summed E-state index contributed by atoms with van der Waals surface area (Å²) in [6, 6.07) is 3.74. The number of nitrogens with zero attached hydrogens (tertiary/aromatic N) is 6. The molecule has 0 amide bonds. The average molecular weight is 356 g/mol. The predicted molar refractivity (Wildman–Crippen MR) is 98.5 cm³/mol. The van der Waals surface area contributed by atoms with Crippen LogP contribution in [0.25, 0.3) is 0 Å².